The molecule has 0 spiro atoms. The third-order valence-electron chi connectivity index (χ3n) is 4.77. The molecule has 2 N–H and O–H groups in total. The Bertz CT molecular complexity index is 904. The van der Waals surface area contributed by atoms with Crippen LogP contribution in [0, 0.1) is 17.6 Å². The standard InChI is InChI=1S/C20H21F2N3O3/c1-11(26)24-14-5-3-12(7-14)20(27)25-19-9-16(17(22)10-23-19)15-6-4-13(21)8-18(15)28-2/h4,6,8-10,12,14H,3,5,7H2,1-2H3,(H,24,26)(H,23,25,27). The number of nitrogens with one attached hydrogen (secondary N) is 2. The summed E-state index contributed by atoms with van der Waals surface area (Å²) in [5.41, 5.74) is 0.496. The SMILES string of the molecule is COc1cc(F)ccc1-c1cc(NC(=O)C2CCC(NC(C)=O)C2)ncc1F. The Labute approximate surface area is 161 Å². The molecule has 1 aromatic carbocycles. The number of methoxy groups -OCH3 is 1. The van der Waals surface area contributed by atoms with Crippen LogP contribution in [0.2, 0.25) is 0 Å². The van der Waals surface area contributed by atoms with Crippen LogP contribution in [-0.2, 0) is 9.59 Å². The van der Waals surface area contributed by atoms with E-state index in [1.165, 1.54) is 32.2 Å². The molecule has 2 amide bonds. The molecular formula is C20H21F2N3O3. The predicted molar refractivity (Wildman–Crippen MR) is 99.7 cm³/mol. The zero-order valence-corrected chi connectivity index (χ0v) is 15.6. The van der Waals surface area contributed by atoms with Crippen LogP contribution >= 0.6 is 0 Å². The van der Waals surface area contributed by atoms with E-state index >= 15 is 0 Å². The molecule has 6 nitrogen and oxygen atoms in total. The minimum atomic E-state index is -0.616. The Hall–Kier alpha value is -3.03. The summed E-state index contributed by atoms with van der Waals surface area (Å²) in [4.78, 5) is 27.6. The Morgan fingerprint density at radius 1 is 1.18 bits per heavy atom. The Morgan fingerprint density at radius 2 is 1.96 bits per heavy atom. The first-order valence-corrected chi connectivity index (χ1v) is 8.94. The number of benzene rings is 1. The van der Waals surface area contributed by atoms with E-state index in [9.17, 15) is 18.4 Å². The number of ether oxygens (including phenoxy) is 1. The van der Waals surface area contributed by atoms with Gasteiger partial charge in [-0.25, -0.2) is 13.8 Å². The summed E-state index contributed by atoms with van der Waals surface area (Å²) in [6.45, 7) is 1.45. The van der Waals surface area contributed by atoms with Gasteiger partial charge in [-0.2, -0.15) is 0 Å². The molecule has 1 fully saturated rings. The summed E-state index contributed by atoms with van der Waals surface area (Å²) >= 11 is 0. The quantitative estimate of drug-likeness (QED) is 0.823. The molecule has 148 valence electrons. The largest absolute Gasteiger partial charge is 0.496 e. The summed E-state index contributed by atoms with van der Waals surface area (Å²) < 4.78 is 32.9. The van der Waals surface area contributed by atoms with E-state index in [0.717, 1.165) is 18.7 Å². The highest BCUT2D eigenvalue weighted by atomic mass is 19.1. The average molecular weight is 389 g/mol. The lowest BCUT2D eigenvalue weighted by atomic mass is 10.0. The Balaban J connectivity index is 1.77. The number of hydrogen-bond donors (Lipinski definition) is 2. The van der Waals surface area contributed by atoms with Crippen molar-refractivity contribution in [2.24, 2.45) is 5.92 Å². The summed E-state index contributed by atoms with van der Waals surface area (Å²) in [5.74, 6) is -1.36. The lowest BCUT2D eigenvalue weighted by Crippen LogP contribution is -2.31. The molecule has 0 aliphatic heterocycles. The van der Waals surface area contributed by atoms with Gasteiger partial charge in [0.25, 0.3) is 0 Å². The fourth-order valence-corrected chi connectivity index (χ4v) is 3.47. The molecule has 0 saturated heterocycles. The van der Waals surface area contributed by atoms with Crippen molar-refractivity contribution < 1.29 is 23.1 Å². The lowest BCUT2D eigenvalue weighted by Gasteiger charge is -2.14. The highest BCUT2D eigenvalue weighted by molar-refractivity contribution is 5.92. The van der Waals surface area contributed by atoms with Crippen molar-refractivity contribution in [1.29, 1.82) is 0 Å². The second kappa shape index (κ2) is 8.33. The summed E-state index contributed by atoms with van der Waals surface area (Å²) in [6, 6.07) is 5.15. The number of rotatable bonds is 5. The van der Waals surface area contributed by atoms with Gasteiger partial charge in [0.1, 0.15) is 23.2 Å². The van der Waals surface area contributed by atoms with Gasteiger partial charge < -0.3 is 15.4 Å². The van der Waals surface area contributed by atoms with Crippen LogP contribution in [0.15, 0.2) is 30.5 Å². The van der Waals surface area contributed by atoms with Gasteiger partial charge in [-0.05, 0) is 37.5 Å². The van der Waals surface area contributed by atoms with Gasteiger partial charge in [-0.15, -0.1) is 0 Å². The zero-order valence-electron chi connectivity index (χ0n) is 15.6. The normalized spacial score (nSPS) is 18.6. The molecule has 1 saturated carbocycles. The number of halogens is 2. The molecule has 1 aliphatic rings. The number of anilines is 1. The van der Waals surface area contributed by atoms with E-state index in [-0.39, 0.29) is 40.9 Å². The smallest absolute Gasteiger partial charge is 0.228 e. The van der Waals surface area contributed by atoms with Crippen LogP contribution in [0.1, 0.15) is 26.2 Å². The maximum absolute atomic E-state index is 14.3. The van der Waals surface area contributed by atoms with Gasteiger partial charge in [0.2, 0.25) is 11.8 Å². The van der Waals surface area contributed by atoms with E-state index in [2.05, 4.69) is 15.6 Å². The van der Waals surface area contributed by atoms with E-state index in [1.54, 1.807) is 0 Å². The van der Waals surface area contributed by atoms with Crippen LogP contribution < -0.4 is 15.4 Å². The van der Waals surface area contributed by atoms with Crippen molar-refractivity contribution in [3.05, 3.63) is 42.1 Å². The molecule has 3 rings (SSSR count). The highest BCUT2D eigenvalue weighted by Crippen LogP contribution is 2.34. The summed E-state index contributed by atoms with van der Waals surface area (Å²) in [5, 5.41) is 5.52. The van der Waals surface area contributed by atoms with Crippen molar-refractivity contribution in [3.8, 4) is 16.9 Å². The second-order valence-corrected chi connectivity index (χ2v) is 6.79. The van der Waals surface area contributed by atoms with Gasteiger partial charge in [0.05, 0.1) is 13.3 Å². The third kappa shape index (κ3) is 4.44. The number of carbonyl (C=O) groups excluding carboxylic acids is 2. The van der Waals surface area contributed by atoms with Crippen LogP contribution in [0.5, 0.6) is 5.75 Å². The third-order valence-corrected chi connectivity index (χ3v) is 4.77. The maximum Gasteiger partial charge on any atom is 0.228 e. The van der Waals surface area contributed by atoms with E-state index in [0.29, 0.717) is 18.4 Å². The fraction of sp³-hybridized carbons (Fsp3) is 0.350. The second-order valence-electron chi connectivity index (χ2n) is 6.79. The molecule has 28 heavy (non-hydrogen) atoms. The topological polar surface area (TPSA) is 80.3 Å². The minimum absolute atomic E-state index is 0.0199. The molecule has 1 aliphatic carbocycles. The van der Waals surface area contributed by atoms with Crippen molar-refractivity contribution >= 4 is 17.6 Å². The van der Waals surface area contributed by atoms with E-state index in [4.69, 9.17) is 4.74 Å². The molecular weight excluding hydrogens is 368 g/mol. The van der Waals surface area contributed by atoms with Crippen LogP contribution in [-0.4, -0.2) is 29.9 Å². The average Bonchev–Trinajstić information content (AvgIpc) is 3.11. The number of nitrogens with zero attached hydrogens (tertiary/aromatic N) is 1. The molecule has 8 heteroatoms. The molecule has 0 bridgehead atoms. The molecule has 1 aromatic heterocycles. The monoisotopic (exact) mass is 389 g/mol. The van der Waals surface area contributed by atoms with Crippen LogP contribution in [0.3, 0.4) is 0 Å². The molecule has 1 heterocycles. The number of aromatic nitrogens is 1. The van der Waals surface area contributed by atoms with Gasteiger partial charge in [-0.1, -0.05) is 0 Å². The first-order valence-electron chi connectivity index (χ1n) is 8.94. The lowest BCUT2D eigenvalue weighted by molar-refractivity contribution is -0.121. The van der Waals surface area contributed by atoms with Crippen LogP contribution in [0.25, 0.3) is 11.1 Å². The molecule has 2 aromatic rings. The van der Waals surface area contributed by atoms with Gasteiger partial charge >= 0.3 is 0 Å². The minimum Gasteiger partial charge on any atom is -0.496 e. The number of pyridine rings is 1. The van der Waals surface area contributed by atoms with Crippen molar-refractivity contribution in [2.45, 2.75) is 32.2 Å². The van der Waals surface area contributed by atoms with Gasteiger partial charge in [0, 0.05) is 36.1 Å². The van der Waals surface area contributed by atoms with Crippen molar-refractivity contribution in [1.82, 2.24) is 10.3 Å². The predicted octanol–water partition coefficient (Wildman–Crippen LogP) is 3.28. The summed E-state index contributed by atoms with van der Waals surface area (Å²) in [7, 11) is 1.37. The van der Waals surface area contributed by atoms with Crippen LogP contribution in [0.4, 0.5) is 14.6 Å². The number of hydrogen-bond acceptors (Lipinski definition) is 4. The first-order chi connectivity index (χ1) is 13.4. The van der Waals surface area contributed by atoms with Crippen molar-refractivity contribution in [2.75, 3.05) is 12.4 Å². The molecule has 2 unspecified atom stereocenters. The maximum atomic E-state index is 14.3. The van der Waals surface area contributed by atoms with E-state index < -0.39 is 11.6 Å². The number of carbonyl (C=O) groups is 2. The van der Waals surface area contributed by atoms with E-state index in [1.807, 2.05) is 0 Å². The van der Waals surface area contributed by atoms with Crippen molar-refractivity contribution in [3.63, 3.8) is 0 Å². The van der Waals surface area contributed by atoms with Gasteiger partial charge in [-0.3, -0.25) is 9.59 Å². The Kier molecular flexibility index (Phi) is 5.87. The Morgan fingerprint density at radius 3 is 2.68 bits per heavy atom. The molecule has 2 atom stereocenters. The zero-order chi connectivity index (χ0) is 20.3. The summed E-state index contributed by atoms with van der Waals surface area (Å²) in [6.07, 6.45) is 2.93. The van der Waals surface area contributed by atoms with Gasteiger partial charge in [0.15, 0.2) is 0 Å². The number of amides is 2. The molecule has 0 radical (unpaired) electrons. The highest BCUT2D eigenvalue weighted by Gasteiger charge is 2.30. The first kappa shape index (κ1) is 19.7. The fourth-order valence-electron chi connectivity index (χ4n) is 3.47.